The predicted molar refractivity (Wildman–Crippen MR) is 81.6 cm³/mol. The van der Waals surface area contributed by atoms with Crippen LogP contribution in [0, 0.1) is 0 Å². The van der Waals surface area contributed by atoms with Crippen LogP contribution >= 0.6 is 15.9 Å². The van der Waals surface area contributed by atoms with Crippen molar-refractivity contribution in [3.8, 4) is 5.75 Å². The standard InChI is InChI=1S/C16H16BrNO2/c17-13-7-6-11-12(16(13)19)8-14(20-15(11)9-18)10-4-2-1-3-5-10/h1-7,14-15,19H,8-9,18H2/t14-,15+/m1/s1. The highest BCUT2D eigenvalue weighted by atomic mass is 79.9. The summed E-state index contributed by atoms with van der Waals surface area (Å²) in [5, 5.41) is 10.3. The van der Waals surface area contributed by atoms with E-state index in [1.807, 2.05) is 42.5 Å². The molecule has 0 unspecified atom stereocenters. The Hall–Kier alpha value is -1.36. The van der Waals surface area contributed by atoms with Gasteiger partial charge in [0.2, 0.25) is 0 Å². The number of phenolic OH excluding ortho intramolecular Hbond substituents is 1. The number of hydrogen-bond donors (Lipinski definition) is 2. The van der Waals surface area contributed by atoms with Gasteiger partial charge in [0.05, 0.1) is 16.7 Å². The van der Waals surface area contributed by atoms with Crippen molar-refractivity contribution in [2.45, 2.75) is 18.6 Å². The molecule has 3 N–H and O–H groups in total. The third kappa shape index (κ3) is 2.35. The van der Waals surface area contributed by atoms with Crippen LogP contribution in [0.2, 0.25) is 0 Å². The van der Waals surface area contributed by atoms with Gasteiger partial charge in [0.1, 0.15) is 5.75 Å². The average molecular weight is 334 g/mol. The lowest BCUT2D eigenvalue weighted by Gasteiger charge is -2.32. The van der Waals surface area contributed by atoms with Gasteiger partial charge in [-0.05, 0) is 33.1 Å². The number of hydrogen-bond acceptors (Lipinski definition) is 3. The zero-order valence-corrected chi connectivity index (χ0v) is 12.5. The number of nitrogens with two attached hydrogens (primary N) is 1. The van der Waals surface area contributed by atoms with Crippen molar-refractivity contribution in [2.24, 2.45) is 5.73 Å². The van der Waals surface area contributed by atoms with Gasteiger partial charge in [-0.2, -0.15) is 0 Å². The minimum Gasteiger partial charge on any atom is -0.506 e. The van der Waals surface area contributed by atoms with Crippen LogP contribution < -0.4 is 5.73 Å². The van der Waals surface area contributed by atoms with E-state index in [0.29, 0.717) is 23.2 Å². The molecule has 2 atom stereocenters. The molecule has 1 aliphatic heterocycles. The van der Waals surface area contributed by atoms with Crippen LogP contribution in [-0.4, -0.2) is 11.7 Å². The summed E-state index contributed by atoms with van der Waals surface area (Å²) in [7, 11) is 0. The lowest BCUT2D eigenvalue weighted by atomic mass is 9.90. The first kappa shape index (κ1) is 13.6. The van der Waals surface area contributed by atoms with E-state index in [4.69, 9.17) is 10.5 Å². The summed E-state index contributed by atoms with van der Waals surface area (Å²) in [6.07, 6.45) is 0.404. The molecular weight excluding hydrogens is 318 g/mol. The highest BCUT2D eigenvalue weighted by Crippen LogP contribution is 2.43. The van der Waals surface area contributed by atoms with E-state index in [0.717, 1.165) is 16.7 Å². The van der Waals surface area contributed by atoms with Crippen molar-refractivity contribution in [2.75, 3.05) is 6.54 Å². The number of aromatic hydroxyl groups is 1. The number of ether oxygens (including phenoxy) is 1. The van der Waals surface area contributed by atoms with Crippen molar-refractivity contribution in [3.63, 3.8) is 0 Å². The SMILES string of the molecule is NC[C@@H]1O[C@@H](c2ccccc2)Cc2c1ccc(Br)c2O. The number of rotatable bonds is 2. The first-order valence-corrected chi connectivity index (χ1v) is 7.40. The maximum atomic E-state index is 10.3. The molecule has 0 amide bonds. The maximum absolute atomic E-state index is 10.3. The van der Waals surface area contributed by atoms with Crippen LogP contribution in [0.5, 0.6) is 5.75 Å². The molecule has 0 saturated carbocycles. The molecule has 0 fully saturated rings. The van der Waals surface area contributed by atoms with Gasteiger partial charge in [0.15, 0.2) is 0 Å². The van der Waals surface area contributed by atoms with Crippen LogP contribution in [0.15, 0.2) is 46.9 Å². The Kier molecular flexibility index (Phi) is 3.78. The van der Waals surface area contributed by atoms with Gasteiger partial charge in [-0.15, -0.1) is 0 Å². The summed E-state index contributed by atoms with van der Waals surface area (Å²) < 4.78 is 6.80. The van der Waals surface area contributed by atoms with Crippen LogP contribution in [-0.2, 0) is 11.2 Å². The van der Waals surface area contributed by atoms with Crippen molar-refractivity contribution < 1.29 is 9.84 Å². The molecule has 104 valence electrons. The lowest BCUT2D eigenvalue weighted by molar-refractivity contribution is -0.0230. The molecule has 3 rings (SSSR count). The smallest absolute Gasteiger partial charge is 0.133 e. The van der Waals surface area contributed by atoms with Crippen LogP contribution in [0.1, 0.15) is 28.9 Å². The summed E-state index contributed by atoms with van der Waals surface area (Å²) in [6.45, 7) is 0.400. The first-order chi connectivity index (χ1) is 9.70. The van der Waals surface area contributed by atoms with Gasteiger partial charge in [-0.1, -0.05) is 36.4 Å². The Balaban J connectivity index is 2.03. The van der Waals surface area contributed by atoms with Gasteiger partial charge in [0, 0.05) is 18.5 Å². The minimum atomic E-state index is -0.178. The predicted octanol–water partition coefficient (Wildman–Crippen LogP) is 3.47. The molecule has 2 aromatic rings. The fourth-order valence-electron chi connectivity index (χ4n) is 2.69. The van der Waals surface area contributed by atoms with E-state index in [1.165, 1.54) is 0 Å². The van der Waals surface area contributed by atoms with Crippen molar-refractivity contribution in [1.82, 2.24) is 0 Å². The Morgan fingerprint density at radius 1 is 1.20 bits per heavy atom. The Morgan fingerprint density at radius 3 is 2.65 bits per heavy atom. The van der Waals surface area contributed by atoms with Crippen molar-refractivity contribution >= 4 is 15.9 Å². The van der Waals surface area contributed by atoms with Gasteiger partial charge >= 0.3 is 0 Å². The molecule has 0 spiro atoms. The number of phenols is 1. The van der Waals surface area contributed by atoms with E-state index in [2.05, 4.69) is 15.9 Å². The molecule has 3 nitrogen and oxygen atoms in total. The second-order valence-electron chi connectivity index (χ2n) is 4.93. The largest absolute Gasteiger partial charge is 0.506 e. The highest BCUT2D eigenvalue weighted by Gasteiger charge is 2.30. The molecule has 0 aromatic heterocycles. The quantitative estimate of drug-likeness (QED) is 0.884. The summed E-state index contributed by atoms with van der Waals surface area (Å²) in [5.74, 6) is 0.296. The molecule has 0 aliphatic carbocycles. The van der Waals surface area contributed by atoms with E-state index < -0.39 is 0 Å². The third-order valence-electron chi connectivity index (χ3n) is 3.72. The van der Waals surface area contributed by atoms with Crippen LogP contribution in [0.4, 0.5) is 0 Å². The summed E-state index contributed by atoms with van der Waals surface area (Å²) in [6, 6.07) is 13.9. The van der Waals surface area contributed by atoms with Crippen molar-refractivity contribution in [3.05, 3.63) is 63.6 Å². The normalized spacial score (nSPS) is 21.5. The van der Waals surface area contributed by atoms with Crippen LogP contribution in [0.25, 0.3) is 0 Å². The lowest BCUT2D eigenvalue weighted by Crippen LogP contribution is -2.25. The second kappa shape index (κ2) is 5.56. The summed E-state index contributed by atoms with van der Waals surface area (Å²) >= 11 is 3.37. The zero-order valence-electron chi connectivity index (χ0n) is 10.9. The molecule has 1 heterocycles. The third-order valence-corrected chi connectivity index (χ3v) is 4.36. The average Bonchev–Trinajstić information content (AvgIpc) is 2.51. The summed E-state index contributed by atoms with van der Waals surface area (Å²) in [4.78, 5) is 0. The zero-order chi connectivity index (χ0) is 14.1. The first-order valence-electron chi connectivity index (χ1n) is 6.61. The Labute approximate surface area is 126 Å². The molecule has 0 bridgehead atoms. The monoisotopic (exact) mass is 333 g/mol. The van der Waals surface area contributed by atoms with E-state index in [-0.39, 0.29) is 12.2 Å². The topological polar surface area (TPSA) is 55.5 Å². The highest BCUT2D eigenvalue weighted by molar-refractivity contribution is 9.10. The molecule has 4 heteroatoms. The fourth-order valence-corrected chi connectivity index (χ4v) is 3.06. The molecular formula is C16H16BrNO2. The molecule has 20 heavy (non-hydrogen) atoms. The van der Waals surface area contributed by atoms with Crippen molar-refractivity contribution in [1.29, 1.82) is 0 Å². The number of benzene rings is 2. The fraction of sp³-hybridized carbons (Fsp3) is 0.250. The van der Waals surface area contributed by atoms with Gasteiger partial charge in [0.25, 0.3) is 0 Å². The minimum absolute atomic E-state index is 0.0718. The number of fused-ring (bicyclic) bond motifs is 1. The molecule has 0 radical (unpaired) electrons. The molecule has 1 aliphatic rings. The van der Waals surface area contributed by atoms with Gasteiger partial charge in [-0.3, -0.25) is 0 Å². The maximum Gasteiger partial charge on any atom is 0.133 e. The Bertz CT molecular complexity index is 615. The molecule has 0 saturated heterocycles. The van der Waals surface area contributed by atoms with E-state index in [9.17, 15) is 5.11 Å². The van der Waals surface area contributed by atoms with E-state index >= 15 is 0 Å². The number of halogens is 1. The van der Waals surface area contributed by atoms with Crippen LogP contribution in [0.3, 0.4) is 0 Å². The molecule has 2 aromatic carbocycles. The van der Waals surface area contributed by atoms with Gasteiger partial charge < -0.3 is 15.6 Å². The van der Waals surface area contributed by atoms with Gasteiger partial charge in [-0.25, -0.2) is 0 Å². The van der Waals surface area contributed by atoms with E-state index in [1.54, 1.807) is 0 Å². The summed E-state index contributed by atoms with van der Waals surface area (Å²) in [5.41, 5.74) is 8.85. The second-order valence-corrected chi connectivity index (χ2v) is 5.78. The Morgan fingerprint density at radius 2 is 1.95 bits per heavy atom.